The topological polar surface area (TPSA) is 61.0 Å². The summed E-state index contributed by atoms with van der Waals surface area (Å²) in [6.45, 7) is 7.32. The van der Waals surface area contributed by atoms with Crippen LogP contribution in [0.2, 0.25) is 0 Å². The lowest BCUT2D eigenvalue weighted by molar-refractivity contribution is 0.172. The van der Waals surface area contributed by atoms with Crippen LogP contribution < -0.4 is 10.9 Å². The van der Waals surface area contributed by atoms with Crippen LogP contribution >= 0.6 is 0 Å². The molecule has 0 radical (unpaired) electrons. The van der Waals surface area contributed by atoms with Gasteiger partial charge in [0, 0.05) is 17.6 Å². The zero-order valence-electron chi connectivity index (χ0n) is 19.5. The Morgan fingerprint density at radius 1 is 0.971 bits per heavy atom. The Balaban J connectivity index is 0.00000117. The fraction of sp³-hybridized carbons (Fsp3) is 0.286. The van der Waals surface area contributed by atoms with Gasteiger partial charge in [0.25, 0.3) is 5.56 Å². The van der Waals surface area contributed by atoms with E-state index >= 15 is 0 Å². The maximum Gasteiger partial charge on any atom is 0.272 e. The summed E-state index contributed by atoms with van der Waals surface area (Å²) >= 11 is 0. The number of hydrogen-bond donors (Lipinski definition) is 2. The maximum atomic E-state index is 13.7. The van der Waals surface area contributed by atoms with E-state index in [1.54, 1.807) is 12.1 Å². The van der Waals surface area contributed by atoms with Crippen LogP contribution in [-0.4, -0.2) is 28.2 Å². The number of anilines is 1. The van der Waals surface area contributed by atoms with Gasteiger partial charge in [-0.15, -0.1) is 0 Å². The molecule has 1 saturated heterocycles. The molecular formula is C28H29FN4O. The van der Waals surface area contributed by atoms with Gasteiger partial charge in [0.15, 0.2) is 0 Å². The molecule has 0 aliphatic carbocycles. The smallest absolute Gasteiger partial charge is 0.272 e. The number of halogens is 1. The fourth-order valence-electron chi connectivity index (χ4n) is 4.92. The first-order valence-corrected chi connectivity index (χ1v) is 12.0. The molecule has 5 nitrogen and oxygen atoms in total. The van der Waals surface area contributed by atoms with Crippen molar-refractivity contribution in [3.8, 4) is 0 Å². The molecule has 2 aliphatic heterocycles. The lowest BCUT2D eigenvalue weighted by atomic mass is 9.80. The van der Waals surface area contributed by atoms with Crippen molar-refractivity contribution in [1.82, 2.24) is 15.1 Å². The van der Waals surface area contributed by atoms with Gasteiger partial charge in [-0.2, -0.15) is 5.10 Å². The second-order valence-corrected chi connectivity index (χ2v) is 8.69. The van der Waals surface area contributed by atoms with E-state index in [1.807, 2.05) is 32.0 Å². The second kappa shape index (κ2) is 9.39. The minimum atomic E-state index is -0.274. The van der Waals surface area contributed by atoms with E-state index < -0.39 is 0 Å². The van der Waals surface area contributed by atoms with Gasteiger partial charge in [0.05, 0.1) is 23.0 Å². The molecule has 2 aliphatic rings. The minimum Gasteiger partial charge on any atom is -0.377 e. The molecule has 174 valence electrons. The van der Waals surface area contributed by atoms with Gasteiger partial charge < -0.3 is 5.32 Å². The van der Waals surface area contributed by atoms with Crippen LogP contribution in [0.1, 0.15) is 54.6 Å². The molecule has 0 saturated carbocycles. The number of nitrogens with zero attached hydrogens (tertiary/aromatic N) is 2. The van der Waals surface area contributed by atoms with Crippen molar-refractivity contribution in [2.75, 3.05) is 18.4 Å². The van der Waals surface area contributed by atoms with Crippen molar-refractivity contribution in [3.05, 3.63) is 105 Å². The van der Waals surface area contributed by atoms with Crippen LogP contribution in [0.25, 0.3) is 10.8 Å². The summed E-state index contributed by atoms with van der Waals surface area (Å²) < 4.78 is 13.7. The highest BCUT2D eigenvalue weighted by Crippen LogP contribution is 2.46. The van der Waals surface area contributed by atoms with Crippen molar-refractivity contribution in [2.24, 2.45) is 0 Å². The first kappa shape index (κ1) is 22.3. The number of hydrogen-bond acceptors (Lipinski definition) is 4. The summed E-state index contributed by atoms with van der Waals surface area (Å²) in [4.78, 5) is 14.9. The number of aromatic nitrogens is 2. The zero-order chi connectivity index (χ0) is 23.7. The van der Waals surface area contributed by atoms with Gasteiger partial charge in [-0.05, 0) is 60.5 Å². The molecule has 2 atom stereocenters. The largest absolute Gasteiger partial charge is 0.377 e. The summed E-state index contributed by atoms with van der Waals surface area (Å²) in [5.41, 5.74) is 4.86. The number of aromatic amines is 1. The Morgan fingerprint density at radius 3 is 2.35 bits per heavy atom. The van der Waals surface area contributed by atoms with Gasteiger partial charge in [-0.1, -0.05) is 56.3 Å². The van der Waals surface area contributed by atoms with Crippen molar-refractivity contribution >= 4 is 16.5 Å². The highest BCUT2D eigenvalue weighted by atomic mass is 19.1. The quantitative estimate of drug-likeness (QED) is 0.420. The summed E-state index contributed by atoms with van der Waals surface area (Å²) in [6.07, 6.45) is 1.28. The SMILES string of the molecule is CC.O=c1[nH]nc2c3c(cccc13)NC(c1ccc(CN3CCC3)cc1)C2c1ccc(F)cc1. The highest BCUT2D eigenvalue weighted by Gasteiger charge is 2.34. The number of rotatable bonds is 4. The molecule has 0 bridgehead atoms. The fourth-order valence-corrected chi connectivity index (χ4v) is 4.92. The third-order valence-corrected chi connectivity index (χ3v) is 6.70. The Hall–Kier alpha value is -3.51. The van der Waals surface area contributed by atoms with Gasteiger partial charge in [-0.3, -0.25) is 9.69 Å². The Bertz CT molecular complexity index is 1340. The van der Waals surface area contributed by atoms with Crippen LogP contribution in [-0.2, 0) is 6.54 Å². The van der Waals surface area contributed by atoms with Crippen LogP contribution in [0.3, 0.4) is 0 Å². The van der Waals surface area contributed by atoms with E-state index in [1.165, 1.54) is 37.2 Å². The van der Waals surface area contributed by atoms with Crippen molar-refractivity contribution < 1.29 is 4.39 Å². The average molecular weight is 457 g/mol. The van der Waals surface area contributed by atoms with Gasteiger partial charge in [-0.25, -0.2) is 9.49 Å². The molecule has 2 unspecified atom stereocenters. The lowest BCUT2D eigenvalue weighted by Crippen LogP contribution is -2.36. The van der Waals surface area contributed by atoms with E-state index in [2.05, 4.69) is 44.7 Å². The molecule has 4 aromatic rings. The van der Waals surface area contributed by atoms with Gasteiger partial charge in [0.2, 0.25) is 0 Å². The van der Waals surface area contributed by atoms with E-state index in [0.717, 1.165) is 34.4 Å². The average Bonchev–Trinajstić information content (AvgIpc) is 2.85. The maximum absolute atomic E-state index is 13.7. The molecule has 3 heterocycles. The standard InChI is InChI=1S/C26H23FN4O.C2H6/c27-19-11-9-17(10-12-19)22-24(18-7-5-16(6-8-18)15-31-13-2-14-31)28-21-4-1-3-20-23(21)25(22)29-30-26(20)32;1-2/h1,3-12,22,24,28H,2,13-15H2,(H,30,32);1-2H3. The van der Waals surface area contributed by atoms with Crippen molar-refractivity contribution in [1.29, 1.82) is 0 Å². The van der Waals surface area contributed by atoms with E-state index in [9.17, 15) is 9.18 Å². The number of nitrogens with one attached hydrogen (secondary N) is 2. The van der Waals surface area contributed by atoms with Gasteiger partial charge >= 0.3 is 0 Å². The minimum absolute atomic E-state index is 0.102. The molecule has 0 amide bonds. The predicted molar refractivity (Wildman–Crippen MR) is 135 cm³/mol. The lowest BCUT2D eigenvalue weighted by Gasteiger charge is -2.35. The summed E-state index contributed by atoms with van der Waals surface area (Å²) in [6, 6.07) is 20.9. The molecule has 6 heteroatoms. The van der Waals surface area contributed by atoms with E-state index in [-0.39, 0.29) is 23.3 Å². The van der Waals surface area contributed by atoms with Crippen molar-refractivity contribution in [3.63, 3.8) is 0 Å². The molecule has 34 heavy (non-hydrogen) atoms. The summed E-state index contributed by atoms with van der Waals surface area (Å²) in [7, 11) is 0. The zero-order valence-corrected chi connectivity index (χ0v) is 19.5. The van der Waals surface area contributed by atoms with Crippen LogP contribution in [0, 0.1) is 5.82 Å². The van der Waals surface area contributed by atoms with E-state index in [4.69, 9.17) is 0 Å². The number of benzene rings is 3. The number of likely N-dealkylation sites (tertiary alicyclic amines) is 1. The third-order valence-electron chi connectivity index (χ3n) is 6.70. The normalized spacial score (nSPS) is 19.0. The highest BCUT2D eigenvalue weighted by molar-refractivity contribution is 5.97. The molecule has 1 aromatic heterocycles. The van der Waals surface area contributed by atoms with Gasteiger partial charge in [0.1, 0.15) is 5.82 Å². The predicted octanol–water partition coefficient (Wildman–Crippen LogP) is 5.59. The van der Waals surface area contributed by atoms with Crippen LogP contribution in [0.5, 0.6) is 0 Å². The second-order valence-electron chi connectivity index (χ2n) is 8.69. The van der Waals surface area contributed by atoms with Crippen molar-refractivity contribution in [2.45, 2.75) is 38.8 Å². The first-order valence-electron chi connectivity index (χ1n) is 12.0. The van der Waals surface area contributed by atoms with E-state index in [0.29, 0.717) is 5.39 Å². The van der Waals surface area contributed by atoms with Crippen LogP contribution in [0.15, 0.2) is 71.5 Å². The molecular weight excluding hydrogens is 427 g/mol. The molecule has 1 fully saturated rings. The first-order chi connectivity index (χ1) is 16.7. The van der Waals surface area contributed by atoms with Crippen LogP contribution in [0.4, 0.5) is 10.1 Å². The summed E-state index contributed by atoms with van der Waals surface area (Å²) in [5.74, 6) is -0.449. The molecule has 0 spiro atoms. The third kappa shape index (κ3) is 3.99. The Morgan fingerprint density at radius 2 is 1.68 bits per heavy atom. The number of H-pyrrole nitrogens is 1. The Kier molecular flexibility index (Phi) is 6.16. The Labute approximate surface area is 198 Å². The molecule has 6 rings (SSSR count). The molecule has 3 aromatic carbocycles. The monoisotopic (exact) mass is 456 g/mol. The molecule has 2 N–H and O–H groups in total. The summed E-state index contributed by atoms with van der Waals surface area (Å²) in [5, 5.41) is 12.2.